The number of nitrogens with zero attached hydrogens (tertiary/aromatic N) is 2. The number of allylic oxidation sites excluding steroid dienone is 1. The highest BCUT2D eigenvalue weighted by atomic mass is 15.2. The third-order valence-electron chi connectivity index (χ3n) is 4.15. The molecule has 1 aromatic heterocycles. The van der Waals surface area contributed by atoms with E-state index in [2.05, 4.69) is 47.3 Å². The number of fused-ring (bicyclic) bond motifs is 3. The zero-order valence-corrected chi connectivity index (χ0v) is 11.2. The van der Waals surface area contributed by atoms with Crippen molar-refractivity contribution in [1.82, 2.24) is 10.3 Å². The van der Waals surface area contributed by atoms with Crippen molar-refractivity contribution >= 4 is 5.69 Å². The summed E-state index contributed by atoms with van der Waals surface area (Å²) in [4.78, 5) is 7.10. The standard InChI is InChI=1S/C15H21N3/c1-3-12-6-7-13-14(5-4-8-17-13)18-10-9-16-11(2)15(12)18/h4-6,8,11,15-16H,3,7,9-10H2,1-2H3. The van der Waals surface area contributed by atoms with E-state index in [1.54, 1.807) is 5.57 Å². The molecule has 0 aromatic carbocycles. The molecule has 18 heavy (non-hydrogen) atoms. The number of hydrogen-bond donors (Lipinski definition) is 1. The highest BCUT2D eigenvalue weighted by Gasteiger charge is 2.33. The third kappa shape index (κ3) is 1.83. The predicted molar refractivity (Wildman–Crippen MR) is 74.9 cm³/mol. The number of nitrogens with one attached hydrogen (secondary N) is 1. The van der Waals surface area contributed by atoms with Crippen LogP contribution in [0.5, 0.6) is 0 Å². The topological polar surface area (TPSA) is 28.2 Å². The molecule has 3 heterocycles. The first-order valence-corrected chi connectivity index (χ1v) is 6.94. The zero-order chi connectivity index (χ0) is 12.5. The van der Waals surface area contributed by atoms with Crippen LogP contribution in [0.15, 0.2) is 30.0 Å². The summed E-state index contributed by atoms with van der Waals surface area (Å²) in [5.74, 6) is 0. The first kappa shape index (κ1) is 11.7. The Balaban J connectivity index is 2.08. The molecule has 0 spiro atoms. The van der Waals surface area contributed by atoms with Gasteiger partial charge >= 0.3 is 0 Å². The second kappa shape index (κ2) is 4.73. The second-order valence-electron chi connectivity index (χ2n) is 5.19. The van der Waals surface area contributed by atoms with Crippen molar-refractivity contribution in [2.24, 2.45) is 0 Å². The van der Waals surface area contributed by atoms with Crippen LogP contribution in [-0.2, 0) is 6.42 Å². The fraction of sp³-hybridized carbons (Fsp3) is 0.533. The van der Waals surface area contributed by atoms with Crippen molar-refractivity contribution in [3.63, 3.8) is 0 Å². The predicted octanol–water partition coefficient (Wildman–Crippen LogP) is 2.14. The van der Waals surface area contributed by atoms with Crippen LogP contribution in [0.1, 0.15) is 26.0 Å². The summed E-state index contributed by atoms with van der Waals surface area (Å²) < 4.78 is 0. The molecule has 0 aliphatic carbocycles. The minimum Gasteiger partial charge on any atom is -0.360 e. The van der Waals surface area contributed by atoms with E-state index in [1.165, 1.54) is 11.4 Å². The van der Waals surface area contributed by atoms with Gasteiger partial charge in [-0.05, 0) is 25.5 Å². The molecule has 0 amide bonds. The van der Waals surface area contributed by atoms with Crippen molar-refractivity contribution in [3.8, 4) is 0 Å². The fourth-order valence-electron chi connectivity index (χ4n) is 3.28. The van der Waals surface area contributed by atoms with Gasteiger partial charge < -0.3 is 10.2 Å². The Morgan fingerprint density at radius 1 is 1.50 bits per heavy atom. The van der Waals surface area contributed by atoms with E-state index in [9.17, 15) is 0 Å². The molecule has 1 aromatic rings. The van der Waals surface area contributed by atoms with Crippen molar-refractivity contribution in [2.45, 2.75) is 38.8 Å². The molecule has 0 saturated carbocycles. The van der Waals surface area contributed by atoms with E-state index < -0.39 is 0 Å². The lowest BCUT2D eigenvalue weighted by Gasteiger charge is -2.43. The maximum absolute atomic E-state index is 4.56. The Kier molecular flexibility index (Phi) is 3.08. The molecular formula is C15H21N3. The molecule has 3 heteroatoms. The summed E-state index contributed by atoms with van der Waals surface area (Å²) in [5.41, 5.74) is 4.10. The first-order chi connectivity index (χ1) is 8.81. The maximum atomic E-state index is 4.56. The van der Waals surface area contributed by atoms with Crippen LogP contribution in [-0.4, -0.2) is 30.2 Å². The lowest BCUT2D eigenvalue weighted by Crippen LogP contribution is -2.57. The molecule has 2 atom stereocenters. The molecule has 1 saturated heterocycles. The van der Waals surface area contributed by atoms with E-state index in [-0.39, 0.29) is 0 Å². The smallest absolute Gasteiger partial charge is 0.0674 e. The van der Waals surface area contributed by atoms with Crippen LogP contribution in [0, 0.1) is 0 Å². The van der Waals surface area contributed by atoms with Crippen LogP contribution in [0.4, 0.5) is 5.69 Å². The molecule has 0 bridgehead atoms. The maximum Gasteiger partial charge on any atom is 0.0674 e. The first-order valence-electron chi connectivity index (χ1n) is 6.94. The van der Waals surface area contributed by atoms with E-state index in [1.807, 2.05) is 6.20 Å². The average Bonchev–Trinajstić information content (AvgIpc) is 2.57. The molecule has 1 N–H and O–H groups in total. The number of rotatable bonds is 1. The number of pyridine rings is 1. The zero-order valence-electron chi connectivity index (χ0n) is 11.2. The molecule has 2 aliphatic heterocycles. The van der Waals surface area contributed by atoms with Gasteiger partial charge in [-0.25, -0.2) is 0 Å². The van der Waals surface area contributed by atoms with Gasteiger partial charge in [0.05, 0.1) is 17.4 Å². The Hall–Kier alpha value is -1.35. The molecule has 2 unspecified atom stereocenters. The number of hydrogen-bond acceptors (Lipinski definition) is 3. The molecule has 2 aliphatic rings. The molecule has 0 radical (unpaired) electrons. The molecule has 1 fully saturated rings. The van der Waals surface area contributed by atoms with Crippen molar-refractivity contribution in [2.75, 3.05) is 18.0 Å². The van der Waals surface area contributed by atoms with Gasteiger partial charge in [0.2, 0.25) is 0 Å². The minimum atomic E-state index is 0.495. The largest absolute Gasteiger partial charge is 0.360 e. The molecule has 3 rings (SSSR count). The quantitative estimate of drug-likeness (QED) is 0.766. The summed E-state index contributed by atoms with van der Waals surface area (Å²) in [5, 5.41) is 3.60. The van der Waals surface area contributed by atoms with Crippen molar-refractivity contribution in [1.29, 1.82) is 0 Å². The van der Waals surface area contributed by atoms with Gasteiger partial charge in [0, 0.05) is 31.7 Å². The van der Waals surface area contributed by atoms with Crippen molar-refractivity contribution < 1.29 is 0 Å². The Bertz CT molecular complexity index is 467. The summed E-state index contributed by atoms with van der Waals surface area (Å²) in [7, 11) is 0. The number of aromatic nitrogens is 1. The summed E-state index contributed by atoms with van der Waals surface area (Å²) in [6, 6.07) is 5.28. The Morgan fingerprint density at radius 3 is 3.22 bits per heavy atom. The normalized spacial score (nSPS) is 27.0. The average molecular weight is 243 g/mol. The highest BCUT2D eigenvalue weighted by molar-refractivity contribution is 5.56. The third-order valence-corrected chi connectivity index (χ3v) is 4.15. The van der Waals surface area contributed by atoms with E-state index in [0.717, 1.165) is 25.9 Å². The van der Waals surface area contributed by atoms with Gasteiger partial charge in [-0.15, -0.1) is 0 Å². The van der Waals surface area contributed by atoms with Crippen molar-refractivity contribution in [3.05, 3.63) is 35.7 Å². The summed E-state index contributed by atoms with van der Waals surface area (Å²) in [6.07, 6.45) is 6.39. The van der Waals surface area contributed by atoms with Crippen LogP contribution in [0.3, 0.4) is 0 Å². The van der Waals surface area contributed by atoms with Crippen LogP contribution in [0.2, 0.25) is 0 Å². The SMILES string of the molecule is CCC1=CCc2ncccc2N2CCNC(C)C12. The Labute approximate surface area is 109 Å². The highest BCUT2D eigenvalue weighted by Crippen LogP contribution is 2.32. The minimum absolute atomic E-state index is 0.495. The molecular weight excluding hydrogens is 222 g/mol. The van der Waals surface area contributed by atoms with Gasteiger partial charge in [-0.3, -0.25) is 4.98 Å². The van der Waals surface area contributed by atoms with Crippen LogP contribution in [0.25, 0.3) is 0 Å². The van der Waals surface area contributed by atoms with Gasteiger partial charge in [-0.1, -0.05) is 18.6 Å². The van der Waals surface area contributed by atoms with E-state index in [0.29, 0.717) is 12.1 Å². The van der Waals surface area contributed by atoms with Gasteiger partial charge in [-0.2, -0.15) is 0 Å². The van der Waals surface area contributed by atoms with Crippen LogP contribution < -0.4 is 10.2 Å². The van der Waals surface area contributed by atoms with E-state index in [4.69, 9.17) is 0 Å². The lowest BCUT2D eigenvalue weighted by molar-refractivity contribution is 0.413. The summed E-state index contributed by atoms with van der Waals surface area (Å²) in [6.45, 7) is 6.68. The summed E-state index contributed by atoms with van der Waals surface area (Å²) >= 11 is 0. The molecule has 3 nitrogen and oxygen atoms in total. The fourth-order valence-corrected chi connectivity index (χ4v) is 3.28. The van der Waals surface area contributed by atoms with Crippen LogP contribution >= 0.6 is 0 Å². The van der Waals surface area contributed by atoms with Gasteiger partial charge in [0.15, 0.2) is 0 Å². The second-order valence-corrected chi connectivity index (χ2v) is 5.19. The monoisotopic (exact) mass is 243 g/mol. The number of piperazine rings is 1. The van der Waals surface area contributed by atoms with E-state index >= 15 is 0 Å². The van der Waals surface area contributed by atoms with Gasteiger partial charge in [0.25, 0.3) is 0 Å². The van der Waals surface area contributed by atoms with Gasteiger partial charge in [0.1, 0.15) is 0 Å². The Morgan fingerprint density at radius 2 is 2.39 bits per heavy atom. The number of anilines is 1. The molecule has 96 valence electrons. The lowest BCUT2D eigenvalue weighted by atomic mass is 9.94.